The van der Waals surface area contributed by atoms with E-state index >= 15 is 0 Å². The Kier molecular flexibility index (Phi) is 5.15. The van der Waals surface area contributed by atoms with Gasteiger partial charge in [0, 0.05) is 17.9 Å². The molecule has 6 nitrogen and oxygen atoms in total. The molecule has 3 rings (SSSR count). The summed E-state index contributed by atoms with van der Waals surface area (Å²) in [5, 5.41) is 4.56. The van der Waals surface area contributed by atoms with Gasteiger partial charge in [0.2, 0.25) is 4.77 Å². The largest absolute Gasteiger partial charge is 0.494 e. The molecule has 7 heteroatoms. The van der Waals surface area contributed by atoms with Crippen LogP contribution in [0.5, 0.6) is 5.75 Å². The Balaban J connectivity index is 1.75. The molecule has 0 aliphatic carbocycles. The quantitative estimate of drug-likeness (QED) is 0.633. The molecular formula is C18H23N5OS. The second kappa shape index (κ2) is 7.33. The minimum atomic E-state index is 0.605. The van der Waals surface area contributed by atoms with Crippen molar-refractivity contribution in [3.8, 4) is 5.75 Å². The number of fused-ring (bicyclic) bond motifs is 1. The molecule has 0 N–H and O–H groups in total. The van der Waals surface area contributed by atoms with E-state index in [1.807, 2.05) is 55.1 Å². The van der Waals surface area contributed by atoms with Gasteiger partial charge in [0.25, 0.3) is 5.78 Å². The Morgan fingerprint density at radius 2 is 1.92 bits per heavy atom. The number of aryl methyl sites for hydroxylation is 2. The zero-order chi connectivity index (χ0) is 18.0. The standard InChI is InChI=1S/C18H23N5OS/c1-5-24-16-8-6-15(7-9-16)11-21(4)12-22-18(25)23-14(3)10-13(2)19-17(23)20-22/h6-10H,5,11-12H2,1-4H3. The van der Waals surface area contributed by atoms with E-state index < -0.39 is 0 Å². The number of hydrogen-bond donors (Lipinski definition) is 0. The fourth-order valence-electron chi connectivity index (χ4n) is 2.87. The van der Waals surface area contributed by atoms with Crippen molar-refractivity contribution in [3.05, 3.63) is 52.1 Å². The van der Waals surface area contributed by atoms with Crippen LogP contribution < -0.4 is 4.74 Å². The summed E-state index contributed by atoms with van der Waals surface area (Å²) in [4.78, 5) is 6.64. The predicted octanol–water partition coefficient (Wildman–Crippen LogP) is 3.37. The van der Waals surface area contributed by atoms with Gasteiger partial charge >= 0.3 is 0 Å². The van der Waals surface area contributed by atoms with E-state index in [9.17, 15) is 0 Å². The van der Waals surface area contributed by atoms with Crippen LogP contribution in [0.15, 0.2) is 30.3 Å². The summed E-state index contributed by atoms with van der Waals surface area (Å²) in [5.74, 6) is 1.55. The SMILES string of the molecule is CCOc1ccc(CN(C)Cn2nc3nc(C)cc(C)n3c2=S)cc1. The molecular weight excluding hydrogens is 334 g/mol. The summed E-state index contributed by atoms with van der Waals surface area (Å²) in [6, 6.07) is 10.2. The van der Waals surface area contributed by atoms with E-state index in [2.05, 4.69) is 27.1 Å². The molecule has 0 aliphatic heterocycles. The summed E-state index contributed by atoms with van der Waals surface area (Å²) < 4.78 is 9.87. The molecule has 1 aromatic carbocycles. The van der Waals surface area contributed by atoms with Gasteiger partial charge < -0.3 is 4.74 Å². The third-order valence-corrected chi connectivity index (χ3v) is 4.32. The van der Waals surface area contributed by atoms with Crippen molar-refractivity contribution in [2.45, 2.75) is 34.0 Å². The zero-order valence-corrected chi connectivity index (χ0v) is 15.9. The molecule has 0 bridgehead atoms. The third-order valence-electron chi connectivity index (χ3n) is 3.93. The van der Waals surface area contributed by atoms with Crippen molar-refractivity contribution in [1.29, 1.82) is 0 Å². The molecule has 3 aromatic rings. The van der Waals surface area contributed by atoms with Gasteiger partial charge in [-0.3, -0.25) is 9.30 Å². The lowest BCUT2D eigenvalue weighted by Crippen LogP contribution is -2.22. The lowest BCUT2D eigenvalue weighted by atomic mass is 10.2. The van der Waals surface area contributed by atoms with Crippen molar-refractivity contribution >= 4 is 18.0 Å². The predicted molar refractivity (Wildman–Crippen MR) is 100 cm³/mol. The third kappa shape index (κ3) is 3.88. The monoisotopic (exact) mass is 357 g/mol. The highest BCUT2D eigenvalue weighted by atomic mass is 32.1. The lowest BCUT2D eigenvalue weighted by molar-refractivity contribution is 0.244. The number of nitrogens with zero attached hydrogens (tertiary/aromatic N) is 5. The fraction of sp³-hybridized carbons (Fsp3) is 0.389. The van der Waals surface area contributed by atoms with E-state index in [1.165, 1.54) is 5.56 Å². The molecule has 0 saturated carbocycles. The topological polar surface area (TPSA) is 47.6 Å². The van der Waals surface area contributed by atoms with Crippen LogP contribution in [0, 0.1) is 18.6 Å². The first-order valence-corrected chi connectivity index (χ1v) is 8.73. The first kappa shape index (κ1) is 17.6. The van der Waals surface area contributed by atoms with Crippen molar-refractivity contribution in [3.63, 3.8) is 0 Å². The molecule has 0 saturated heterocycles. The second-order valence-corrected chi connectivity index (χ2v) is 6.55. The highest BCUT2D eigenvalue weighted by Gasteiger charge is 2.10. The first-order valence-electron chi connectivity index (χ1n) is 8.32. The van der Waals surface area contributed by atoms with Crippen LogP contribution in [0.4, 0.5) is 0 Å². The highest BCUT2D eigenvalue weighted by Crippen LogP contribution is 2.14. The second-order valence-electron chi connectivity index (χ2n) is 6.19. The van der Waals surface area contributed by atoms with Crippen LogP contribution in [0.3, 0.4) is 0 Å². The molecule has 0 fully saturated rings. The minimum absolute atomic E-state index is 0.605. The summed E-state index contributed by atoms with van der Waals surface area (Å²) >= 11 is 5.57. The number of rotatable bonds is 6. The van der Waals surface area contributed by atoms with Crippen LogP contribution in [0.2, 0.25) is 0 Å². The summed E-state index contributed by atoms with van der Waals surface area (Å²) in [7, 11) is 2.05. The molecule has 0 amide bonds. The molecule has 0 unspecified atom stereocenters. The van der Waals surface area contributed by atoms with E-state index in [-0.39, 0.29) is 0 Å². The van der Waals surface area contributed by atoms with E-state index in [0.29, 0.717) is 23.8 Å². The molecule has 132 valence electrons. The number of hydrogen-bond acceptors (Lipinski definition) is 5. The Morgan fingerprint density at radius 3 is 2.60 bits per heavy atom. The molecule has 25 heavy (non-hydrogen) atoms. The Bertz CT molecular complexity index is 929. The lowest BCUT2D eigenvalue weighted by Gasteiger charge is -2.16. The normalized spacial score (nSPS) is 11.4. The van der Waals surface area contributed by atoms with Crippen LogP contribution in [-0.4, -0.2) is 37.7 Å². The average Bonchev–Trinajstić information content (AvgIpc) is 2.85. The summed E-state index contributed by atoms with van der Waals surface area (Å²) in [6.45, 7) is 8.05. The van der Waals surface area contributed by atoms with E-state index in [4.69, 9.17) is 17.0 Å². The Hall–Kier alpha value is -2.25. The highest BCUT2D eigenvalue weighted by molar-refractivity contribution is 7.71. The van der Waals surface area contributed by atoms with Gasteiger partial charge in [-0.2, -0.15) is 0 Å². The maximum atomic E-state index is 5.57. The van der Waals surface area contributed by atoms with Gasteiger partial charge in [-0.05, 0) is 63.8 Å². The van der Waals surface area contributed by atoms with E-state index in [1.54, 1.807) is 0 Å². The number of aromatic nitrogens is 4. The molecule has 0 spiro atoms. The van der Waals surface area contributed by atoms with E-state index in [0.717, 1.165) is 23.7 Å². The van der Waals surface area contributed by atoms with Gasteiger partial charge in [-0.1, -0.05) is 12.1 Å². The van der Waals surface area contributed by atoms with Crippen molar-refractivity contribution in [2.75, 3.05) is 13.7 Å². The van der Waals surface area contributed by atoms with Gasteiger partial charge in [0.05, 0.1) is 13.3 Å². The number of ether oxygens (including phenoxy) is 1. The molecule has 0 atom stereocenters. The van der Waals surface area contributed by atoms with Crippen LogP contribution in [0.25, 0.3) is 5.78 Å². The number of benzene rings is 1. The Labute approximate surface area is 152 Å². The van der Waals surface area contributed by atoms with Crippen LogP contribution >= 0.6 is 12.2 Å². The molecule has 2 heterocycles. The zero-order valence-electron chi connectivity index (χ0n) is 15.1. The van der Waals surface area contributed by atoms with Gasteiger partial charge in [-0.15, -0.1) is 5.10 Å². The van der Waals surface area contributed by atoms with Crippen molar-refractivity contribution in [2.24, 2.45) is 0 Å². The van der Waals surface area contributed by atoms with Gasteiger partial charge in [0.15, 0.2) is 0 Å². The van der Waals surface area contributed by atoms with Crippen molar-refractivity contribution in [1.82, 2.24) is 24.1 Å². The maximum Gasteiger partial charge on any atom is 0.254 e. The van der Waals surface area contributed by atoms with Crippen molar-refractivity contribution < 1.29 is 4.74 Å². The van der Waals surface area contributed by atoms with Crippen LogP contribution in [0.1, 0.15) is 23.9 Å². The van der Waals surface area contributed by atoms with Gasteiger partial charge in [0.1, 0.15) is 5.75 Å². The Morgan fingerprint density at radius 1 is 1.20 bits per heavy atom. The maximum absolute atomic E-state index is 5.57. The summed E-state index contributed by atoms with van der Waals surface area (Å²) in [5.41, 5.74) is 3.21. The first-order chi connectivity index (χ1) is 12.0. The fourth-order valence-corrected chi connectivity index (χ4v) is 3.20. The van der Waals surface area contributed by atoms with Crippen LogP contribution in [-0.2, 0) is 13.2 Å². The molecule has 0 aliphatic rings. The molecule has 0 radical (unpaired) electrons. The smallest absolute Gasteiger partial charge is 0.254 e. The minimum Gasteiger partial charge on any atom is -0.494 e. The average molecular weight is 357 g/mol. The summed E-state index contributed by atoms with van der Waals surface area (Å²) in [6.07, 6.45) is 0. The van der Waals surface area contributed by atoms with Gasteiger partial charge in [-0.25, -0.2) is 9.67 Å². The molecule has 2 aromatic heterocycles.